The van der Waals surface area contributed by atoms with Gasteiger partial charge in [0.05, 0.1) is 6.61 Å². The summed E-state index contributed by atoms with van der Waals surface area (Å²) in [7, 11) is 2.85. The molecule has 0 radical (unpaired) electrons. The van der Waals surface area contributed by atoms with E-state index in [-0.39, 0.29) is 31.1 Å². The highest BCUT2D eigenvalue weighted by atomic mass is 32.2. The van der Waals surface area contributed by atoms with E-state index in [0.717, 1.165) is 10.5 Å². The van der Waals surface area contributed by atoms with Crippen molar-refractivity contribution >= 4 is 53.2 Å². The highest BCUT2D eigenvalue weighted by Crippen LogP contribution is 2.11. The Bertz CT molecular complexity index is 1260. The Hall–Kier alpha value is -4.38. The minimum absolute atomic E-state index is 0.0949. The van der Waals surface area contributed by atoms with Crippen LogP contribution in [-0.2, 0) is 35.2 Å². The molecule has 1 aromatic rings. The van der Waals surface area contributed by atoms with Gasteiger partial charge in [0, 0.05) is 39.7 Å². The van der Waals surface area contributed by atoms with Gasteiger partial charge in [-0.05, 0) is 30.6 Å². The number of nitrogens with zero attached hydrogens (tertiary/aromatic N) is 2. The molecule has 0 fully saturated rings. The van der Waals surface area contributed by atoms with E-state index in [1.54, 1.807) is 32.2 Å². The molecule has 6 amide bonds. The van der Waals surface area contributed by atoms with Crippen LogP contribution in [0.5, 0.6) is 0 Å². The van der Waals surface area contributed by atoms with Crippen LogP contribution >= 0.6 is 11.8 Å². The molecule has 0 aromatic heterocycles. The van der Waals surface area contributed by atoms with Crippen molar-refractivity contribution in [3.05, 3.63) is 35.9 Å². The molecule has 48 heavy (non-hydrogen) atoms. The number of carbonyl (C=O) groups excluding carboxylic acids is 6. The SMILES string of the molecule is CNC(=O)[C@H](Cc1ccccc1)N(C)C(=O)[C@H](CO)NC(=O)[C@@H](NC(=O)[C@H](CCCN=C(N)N)NC(=O)[C@H](CSC)NC(C)=O)C(C)C. The Morgan fingerprint density at radius 3 is 2.02 bits per heavy atom. The summed E-state index contributed by atoms with van der Waals surface area (Å²) in [4.78, 5) is 83.1. The fourth-order valence-electron chi connectivity index (χ4n) is 4.68. The van der Waals surface area contributed by atoms with Gasteiger partial charge in [-0.25, -0.2) is 0 Å². The molecule has 0 saturated heterocycles. The maximum absolute atomic E-state index is 13.5. The lowest BCUT2D eigenvalue weighted by atomic mass is 10.0. The Labute approximate surface area is 286 Å². The molecule has 0 saturated carbocycles. The fraction of sp³-hybridized carbons (Fsp3) is 0.581. The average molecular weight is 694 g/mol. The predicted octanol–water partition coefficient (Wildman–Crippen LogP) is -2.17. The second-order valence-electron chi connectivity index (χ2n) is 11.5. The van der Waals surface area contributed by atoms with Gasteiger partial charge in [0.1, 0.15) is 30.2 Å². The molecule has 0 spiro atoms. The highest BCUT2D eigenvalue weighted by Gasteiger charge is 2.35. The summed E-state index contributed by atoms with van der Waals surface area (Å²) in [5, 5.41) is 23.0. The zero-order chi connectivity index (χ0) is 36.4. The van der Waals surface area contributed by atoms with E-state index in [9.17, 15) is 33.9 Å². The van der Waals surface area contributed by atoms with Gasteiger partial charge in [-0.15, -0.1) is 0 Å². The second kappa shape index (κ2) is 21.5. The van der Waals surface area contributed by atoms with Crippen LogP contribution in [-0.4, -0.2) is 121 Å². The Balaban J connectivity index is 3.17. The molecule has 10 N–H and O–H groups in total. The number of rotatable bonds is 20. The van der Waals surface area contributed by atoms with Gasteiger partial charge in [-0.3, -0.25) is 33.8 Å². The standard InChI is InChI=1S/C31H51N9O7S/c1-18(2)25(39-26(43)21(13-10-14-35-31(32)33)37-27(44)23(17-48-6)36-19(3)42)29(46)38-22(16-41)30(47)40(5)24(28(45)34-4)15-20-11-8-7-9-12-20/h7-9,11-12,18,21-25,41H,10,13-17H2,1-6H3,(H,34,45)(H,36,42)(H,37,44)(H,38,46)(H,39,43)(H4,32,33,35)/t21-,22-,23-,24-,25-/m0/s1. The number of nitrogens with two attached hydrogens (primary N) is 2. The van der Waals surface area contributed by atoms with Crippen molar-refractivity contribution in [1.29, 1.82) is 0 Å². The number of aliphatic hydroxyl groups excluding tert-OH is 1. The van der Waals surface area contributed by atoms with Crippen molar-refractivity contribution in [1.82, 2.24) is 31.5 Å². The number of nitrogens with one attached hydrogen (secondary N) is 5. The van der Waals surface area contributed by atoms with Crippen molar-refractivity contribution < 1.29 is 33.9 Å². The first kappa shape index (κ1) is 41.6. The van der Waals surface area contributed by atoms with Crippen LogP contribution in [0.2, 0.25) is 0 Å². The summed E-state index contributed by atoms with van der Waals surface area (Å²) in [6.45, 7) is 4.01. The molecule has 0 bridgehead atoms. The minimum atomic E-state index is -1.43. The molecule has 0 aliphatic rings. The minimum Gasteiger partial charge on any atom is -0.394 e. The maximum atomic E-state index is 13.5. The molecular weight excluding hydrogens is 642 g/mol. The lowest BCUT2D eigenvalue weighted by molar-refractivity contribution is -0.143. The molecule has 0 heterocycles. The van der Waals surface area contributed by atoms with Crippen LogP contribution in [0.3, 0.4) is 0 Å². The molecule has 1 aromatic carbocycles. The Kier molecular flexibility index (Phi) is 18.6. The van der Waals surface area contributed by atoms with E-state index in [1.165, 1.54) is 32.8 Å². The fourth-order valence-corrected chi connectivity index (χ4v) is 5.25. The van der Waals surface area contributed by atoms with E-state index < -0.39 is 78.2 Å². The summed E-state index contributed by atoms with van der Waals surface area (Å²) >= 11 is 1.33. The molecule has 0 aliphatic heterocycles. The van der Waals surface area contributed by atoms with Crippen LogP contribution in [0.15, 0.2) is 35.3 Å². The first-order valence-electron chi connectivity index (χ1n) is 15.5. The van der Waals surface area contributed by atoms with Crippen molar-refractivity contribution in [2.45, 2.75) is 70.2 Å². The van der Waals surface area contributed by atoms with Crippen LogP contribution in [0.1, 0.15) is 39.2 Å². The van der Waals surface area contributed by atoms with E-state index in [4.69, 9.17) is 11.5 Å². The first-order chi connectivity index (χ1) is 22.7. The zero-order valence-corrected chi connectivity index (χ0v) is 29.3. The Morgan fingerprint density at radius 2 is 1.50 bits per heavy atom. The van der Waals surface area contributed by atoms with Crippen molar-refractivity contribution in [3.63, 3.8) is 0 Å². The van der Waals surface area contributed by atoms with Crippen molar-refractivity contribution in [2.75, 3.05) is 39.3 Å². The number of aliphatic hydroxyl groups is 1. The van der Waals surface area contributed by atoms with E-state index in [2.05, 4.69) is 31.6 Å². The molecule has 0 aliphatic carbocycles. The molecular formula is C31H51N9O7S. The van der Waals surface area contributed by atoms with E-state index in [0.29, 0.717) is 6.42 Å². The van der Waals surface area contributed by atoms with Crippen molar-refractivity contribution in [2.24, 2.45) is 22.4 Å². The third kappa shape index (κ3) is 14.2. The maximum Gasteiger partial charge on any atom is 0.247 e. The quantitative estimate of drug-likeness (QED) is 0.0417. The number of hydrogen-bond acceptors (Lipinski definition) is 9. The van der Waals surface area contributed by atoms with Gasteiger partial charge in [-0.2, -0.15) is 11.8 Å². The summed E-state index contributed by atoms with van der Waals surface area (Å²) in [6, 6.07) is 3.47. The predicted molar refractivity (Wildman–Crippen MR) is 184 cm³/mol. The monoisotopic (exact) mass is 693 g/mol. The van der Waals surface area contributed by atoms with Crippen LogP contribution in [0.25, 0.3) is 0 Å². The number of guanidine groups is 1. The Morgan fingerprint density at radius 1 is 0.896 bits per heavy atom. The molecule has 1 rings (SSSR count). The van der Waals surface area contributed by atoms with Gasteiger partial charge in [0.15, 0.2) is 5.96 Å². The topological polar surface area (TPSA) is 250 Å². The van der Waals surface area contributed by atoms with Gasteiger partial charge in [0.2, 0.25) is 35.4 Å². The smallest absolute Gasteiger partial charge is 0.247 e. The van der Waals surface area contributed by atoms with Gasteiger partial charge in [0.25, 0.3) is 0 Å². The first-order valence-corrected chi connectivity index (χ1v) is 16.9. The number of benzene rings is 1. The highest BCUT2D eigenvalue weighted by molar-refractivity contribution is 7.98. The number of amides is 6. The molecule has 0 unspecified atom stereocenters. The van der Waals surface area contributed by atoms with Crippen molar-refractivity contribution in [3.8, 4) is 0 Å². The van der Waals surface area contributed by atoms with Crippen LogP contribution in [0.4, 0.5) is 0 Å². The summed E-state index contributed by atoms with van der Waals surface area (Å²) in [5.41, 5.74) is 11.6. The van der Waals surface area contributed by atoms with Crippen LogP contribution < -0.4 is 38.1 Å². The summed E-state index contributed by atoms with van der Waals surface area (Å²) in [5.74, 6) is -3.99. The molecule has 17 heteroatoms. The average Bonchev–Trinajstić information content (AvgIpc) is 3.04. The van der Waals surface area contributed by atoms with Gasteiger partial charge >= 0.3 is 0 Å². The number of aliphatic imine (C=N–C) groups is 1. The molecule has 268 valence electrons. The lowest BCUT2D eigenvalue weighted by Gasteiger charge is -2.31. The number of thioether (sulfide) groups is 1. The number of likely N-dealkylation sites (N-methyl/N-ethyl adjacent to an activating group) is 2. The van der Waals surface area contributed by atoms with E-state index >= 15 is 0 Å². The normalized spacial score (nSPS) is 13.9. The third-order valence-electron chi connectivity index (χ3n) is 7.29. The lowest BCUT2D eigenvalue weighted by Crippen LogP contribution is -2.61. The molecule has 5 atom stereocenters. The third-order valence-corrected chi connectivity index (χ3v) is 7.95. The van der Waals surface area contributed by atoms with E-state index in [1.807, 2.05) is 18.2 Å². The van der Waals surface area contributed by atoms with Gasteiger partial charge in [-0.1, -0.05) is 44.2 Å². The van der Waals surface area contributed by atoms with Gasteiger partial charge < -0.3 is 48.1 Å². The largest absolute Gasteiger partial charge is 0.394 e. The molecule has 16 nitrogen and oxygen atoms in total. The number of hydrogen-bond donors (Lipinski definition) is 8. The zero-order valence-electron chi connectivity index (χ0n) is 28.4. The summed E-state index contributed by atoms with van der Waals surface area (Å²) < 4.78 is 0. The summed E-state index contributed by atoms with van der Waals surface area (Å²) in [6.07, 6.45) is 2.34. The van der Waals surface area contributed by atoms with Crippen LogP contribution in [0, 0.1) is 5.92 Å². The second-order valence-corrected chi connectivity index (χ2v) is 12.4. The number of carbonyl (C=O) groups is 6.